The molecule has 0 fully saturated rings. The van der Waals surface area contributed by atoms with Crippen LogP contribution >= 0.6 is 11.6 Å². The Hall–Kier alpha value is -1.13. The summed E-state index contributed by atoms with van der Waals surface area (Å²) >= 11 is 5.74. The standard InChI is InChI=1S/C11H14ClFN2O/c1-7(14)5-6-15-11(16)10-8(12)3-2-4-9(10)13/h2-4,7H,5-6,14H2,1H3,(H,15,16). The van der Waals surface area contributed by atoms with Gasteiger partial charge in [0.1, 0.15) is 5.82 Å². The zero-order valence-electron chi connectivity index (χ0n) is 8.97. The number of benzene rings is 1. The molecule has 1 aromatic rings. The Kier molecular flexibility index (Phi) is 4.71. The highest BCUT2D eigenvalue weighted by Crippen LogP contribution is 2.18. The summed E-state index contributed by atoms with van der Waals surface area (Å²) in [5.41, 5.74) is 5.41. The van der Waals surface area contributed by atoms with E-state index in [0.29, 0.717) is 13.0 Å². The molecule has 0 radical (unpaired) electrons. The van der Waals surface area contributed by atoms with Gasteiger partial charge in [0, 0.05) is 12.6 Å². The second kappa shape index (κ2) is 5.82. The quantitative estimate of drug-likeness (QED) is 0.851. The van der Waals surface area contributed by atoms with Gasteiger partial charge in [0.15, 0.2) is 0 Å². The van der Waals surface area contributed by atoms with Crippen molar-refractivity contribution in [1.82, 2.24) is 5.32 Å². The van der Waals surface area contributed by atoms with Crippen LogP contribution in [0.15, 0.2) is 18.2 Å². The number of hydrogen-bond donors (Lipinski definition) is 2. The van der Waals surface area contributed by atoms with Crippen LogP contribution in [0.1, 0.15) is 23.7 Å². The lowest BCUT2D eigenvalue weighted by atomic mass is 10.2. The van der Waals surface area contributed by atoms with E-state index in [9.17, 15) is 9.18 Å². The third-order valence-corrected chi connectivity index (χ3v) is 2.39. The monoisotopic (exact) mass is 244 g/mol. The lowest BCUT2D eigenvalue weighted by Gasteiger charge is -2.08. The van der Waals surface area contributed by atoms with Crippen LogP contribution in [-0.2, 0) is 0 Å². The summed E-state index contributed by atoms with van der Waals surface area (Å²) in [6.07, 6.45) is 0.637. The van der Waals surface area contributed by atoms with Crippen molar-refractivity contribution < 1.29 is 9.18 Å². The van der Waals surface area contributed by atoms with Gasteiger partial charge in [-0.1, -0.05) is 17.7 Å². The first-order valence-corrected chi connectivity index (χ1v) is 5.38. The zero-order chi connectivity index (χ0) is 12.1. The maximum absolute atomic E-state index is 13.3. The maximum Gasteiger partial charge on any atom is 0.255 e. The van der Waals surface area contributed by atoms with Crippen molar-refractivity contribution >= 4 is 17.5 Å². The van der Waals surface area contributed by atoms with Crippen molar-refractivity contribution in [2.45, 2.75) is 19.4 Å². The first-order valence-electron chi connectivity index (χ1n) is 5.00. The Bertz CT molecular complexity index is 362. The molecular weight excluding hydrogens is 231 g/mol. The van der Waals surface area contributed by atoms with Crippen molar-refractivity contribution in [2.75, 3.05) is 6.54 Å². The molecule has 16 heavy (non-hydrogen) atoms. The molecule has 0 aliphatic carbocycles. The van der Waals surface area contributed by atoms with E-state index in [1.807, 2.05) is 6.92 Å². The molecule has 1 amide bonds. The molecule has 0 heterocycles. The predicted octanol–water partition coefficient (Wildman–Crippen LogP) is 1.95. The van der Waals surface area contributed by atoms with Gasteiger partial charge >= 0.3 is 0 Å². The second-order valence-electron chi connectivity index (χ2n) is 3.62. The molecule has 0 saturated carbocycles. The molecule has 1 atom stereocenters. The summed E-state index contributed by atoms with van der Waals surface area (Å²) in [5.74, 6) is -1.13. The van der Waals surface area contributed by atoms with Gasteiger partial charge in [-0.2, -0.15) is 0 Å². The fourth-order valence-electron chi connectivity index (χ4n) is 1.22. The normalized spacial score (nSPS) is 12.2. The van der Waals surface area contributed by atoms with Crippen LogP contribution < -0.4 is 11.1 Å². The highest BCUT2D eigenvalue weighted by atomic mass is 35.5. The van der Waals surface area contributed by atoms with Crippen molar-refractivity contribution in [3.63, 3.8) is 0 Å². The van der Waals surface area contributed by atoms with E-state index in [-0.39, 0.29) is 16.6 Å². The molecule has 1 rings (SSSR count). The lowest BCUT2D eigenvalue weighted by molar-refractivity contribution is 0.0949. The fourth-order valence-corrected chi connectivity index (χ4v) is 1.47. The van der Waals surface area contributed by atoms with E-state index in [1.165, 1.54) is 18.2 Å². The van der Waals surface area contributed by atoms with Crippen LogP contribution in [-0.4, -0.2) is 18.5 Å². The fraction of sp³-hybridized carbons (Fsp3) is 0.364. The summed E-state index contributed by atoms with van der Waals surface area (Å²) < 4.78 is 13.3. The van der Waals surface area contributed by atoms with Crippen LogP contribution in [0.5, 0.6) is 0 Å². The lowest BCUT2D eigenvalue weighted by Crippen LogP contribution is -2.29. The molecule has 1 unspecified atom stereocenters. The minimum Gasteiger partial charge on any atom is -0.352 e. The number of amides is 1. The number of nitrogens with two attached hydrogens (primary N) is 1. The Morgan fingerprint density at radius 3 is 2.88 bits per heavy atom. The van der Waals surface area contributed by atoms with E-state index >= 15 is 0 Å². The van der Waals surface area contributed by atoms with Gasteiger partial charge in [-0.25, -0.2) is 4.39 Å². The van der Waals surface area contributed by atoms with Gasteiger partial charge in [0.2, 0.25) is 0 Å². The molecule has 0 aromatic heterocycles. The van der Waals surface area contributed by atoms with Crippen LogP contribution in [0.25, 0.3) is 0 Å². The molecule has 0 aliphatic rings. The van der Waals surface area contributed by atoms with E-state index in [4.69, 9.17) is 17.3 Å². The minimum atomic E-state index is -0.620. The van der Waals surface area contributed by atoms with Crippen LogP contribution in [0.4, 0.5) is 4.39 Å². The average molecular weight is 245 g/mol. The molecule has 0 saturated heterocycles. The predicted molar refractivity (Wildman–Crippen MR) is 62.0 cm³/mol. The highest BCUT2D eigenvalue weighted by molar-refractivity contribution is 6.33. The van der Waals surface area contributed by atoms with Gasteiger partial charge < -0.3 is 11.1 Å². The van der Waals surface area contributed by atoms with Crippen molar-refractivity contribution in [3.8, 4) is 0 Å². The summed E-state index contributed by atoms with van der Waals surface area (Å²) in [7, 11) is 0. The molecule has 3 nitrogen and oxygen atoms in total. The second-order valence-corrected chi connectivity index (χ2v) is 4.03. The molecular formula is C11H14ClFN2O. The highest BCUT2D eigenvalue weighted by Gasteiger charge is 2.14. The largest absolute Gasteiger partial charge is 0.352 e. The Morgan fingerprint density at radius 2 is 2.31 bits per heavy atom. The van der Waals surface area contributed by atoms with Crippen molar-refractivity contribution in [2.24, 2.45) is 5.73 Å². The first-order chi connectivity index (χ1) is 7.52. The van der Waals surface area contributed by atoms with Gasteiger partial charge in [0.05, 0.1) is 10.6 Å². The Balaban J connectivity index is 2.66. The third-order valence-electron chi connectivity index (χ3n) is 2.08. The van der Waals surface area contributed by atoms with Gasteiger partial charge in [-0.05, 0) is 25.5 Å². The molecule has 5 heteroatoms. The number of carbonyl (C=O) groups is 1. The summed E-state index contributed by atoms with van der Waals surface area (Å²) in [6, 6.07) is 4.13. The molecule has 0 aliphatic heterocycles. The molecule has 1 aromatic carbocycles. The van der Waals surface area contributed by atoms with Crippen LogP contribution in [0, 0.1) is 5.82 Å². The zero-order valence-corrected chi connectivity index (χ0v) is 9.72. The molecule has 88 valence electrons. The SMILES string of the molecule is CC(N)CCNC(=O)c1c(F)cccc1Cl. The molecule has 3 N–H and O–H groups in total. The summed E-state index contributed by atoms with van der Waals surface area (Å²) in [4.78, 5) is 11.6. The van der Waals surface area contributed by atoms with E-state index in [0.717, 1.165) is 0 Å². The Morgan fingerprint density at radius 1 is 1.62 bits per heavy atom. The van der Waals surface area contributed by atoms with Crippen molar-refractivity contribution in [3.05, 3.63) is 34.6 Å². The minimum absolute atomic E-state index is 0.00334. The van der Waals surface area contributed by atoms with Crippen LogP contribution in [0.3, 0.4) is 0 Å². The number of rotatable bonds is 4. The van der Waals surface area contributed by atoms with Gasteiger partial charge in [0.25, 0.3) is 5.91 Å². The van der Waals surface area contributed by atoms with Crippen molar-refractivity contribution in [1.29, 1.82) is 0 Å². The number of hydrogen-bond acceptors (Lipinski definition) is 2. The topological polar surface area (TPSA) is 55.1 Å². The first kappa shape index (κ1) is 12.9. The smallest absolute Gasteiger partial charge is 0.255 e. The summed E-state index contributed by atoms with van der Waals surface area (Å²) in [5, 5.41) is 2.68. The number of halogens is 2. The van der Waals surface area contributed by atoms with E-state index in [1.54, 1.807) is 0 Å². The summed E-state index contributed by atoms with van der Waals surface area (Å²) in [6.45, 7) is 2.24. The van der Waals surface area contributed by atoms with Crippen LogP contribution in [0.2, 0.25) is 5.02 Å². The third kappa shape index (κ3) is 3.47. The number of nitrogens with one attached hydrogen (secondary N) is 1. The Labute approximate surface area is 98.8 Å². The average Bonchev–Trinajstić information content (AvgIpc) is 2.16. The molecule has 0 spiro atoms. The van der Waals surface area contributed by atoms with E-state index in [2.05, 4.69) is 5.32 Å². The maximum atomic E-state index is 13.3. The van der Waals surface area contributed by atoms with E-state index < -0.39 is 11.7 Å². The molecule has 0 bridgehead atoms. The van der Waals surface area contributed by atoms with Gasteiger partial charge in [-0.3, -0.25) is 4.79 Å². The number of carbonyl (C=O) groups excluding carboxylic acids is 1. The van der Waals surface area contributed by atoms with Gasteiger partial charge in [-0.15, -0.1) is 0 Å².